The molecule has 2 aromatic heterocycles. The van der Waals surface area contributed by atoms with E-state index in [0.717, 1.165) is 6.08 Å². The zero-order valence-electron chi connectivity index (χ0n) is 9.74. The number of hydrogen-bond donors (Lipinski definition) is 2. The Bertz CT molecular complexity index is 620. The van der Waals surface area contributed by atoms with Crippen LogP contribution in [0.3, 0.4) is 0 Å². The number of thiophene rings is 1. The van der Waals surface area contributed by atoms with E-state index in [9.17, 15) is 9.59 Å². The predicted molar refractivity (Wildman–Crippen MR) is 73.2 cm³/mol. The molecule has 6 heteroatoms. The van der Waals surface area contributed by atoms with Gasteiger partial charge in [0.05, 0.1) is 17.4 Å². The number of nitrogens with one attached hydrogen (secondary N) is 1. The van der Waals surface area contributed by atoms with Crippen molar-refractivity contribution in [1.82, 2.24) is 4.98 Å². The van der Waals surface area contributed by atoms with Gasteiger partial charge in [0.25, 0.3) is 5.91 Å². The number of rotatable bonds is 4. The van der Waals surface area contributed by atoms with Crippen LogP contribution in [0.25, 0.3) is 6.08 Å². The molecule has 2 aromatic rings. The van der Waals surface area contributed by atoms with Gasteiger partial charge in [0, 0.05) is 22.5 Å². The molecule has 5 nitrogen and oxygen atoms in total. The summed E-state index contributed by atoms with van der Waals surface area (Å²) in [5.74, 6) is -1.27. The molecule has 0 aliphatic heterocycles. The molecule has 2 N–H and O–H groups in total. The number of carboxylic acids is 1. The van der Waals surface area contributed by atoms with Gasteiger partial charge in [0.2, 0.25) is 0 Å². The van der Waals surface area contributed by atoms with Crippen LogP contribution in [-0.2, 0) is 4.79 Å². The number of carboxylic acid groups (broad SMARTS) is 1. The lowest BCUT2D eigenvalue weighted by Gasteiger charge is -2.01. The maximum atomic E-state index is 11.9. The molecule has 0 aliphatic rings. The van der Waals surface area contributed by atoms with Crippen molar-refractivity contribution in [1.29, 1.82) is 0 Å². The number of aliphatic carboxylic acids is 1. The third kappa shape index (κ3) is 3.75. The maximum Gasteiger partial charge on any atom is 0.328 e. The number of carbonyl (C=O) groups excluding carboxylic acids is 1. The van der Waals surface area contributed by atoms with E-state index in [0.29, 0.717) is 16.1 Å². The molecule has 19 heavy (non-hydrogen) atoms. The van der Waals surface area contributed by atoms with Gasteiger partial charge in [-0.3, -0.25) is 9.78 Å². The highest BCUT2D eigenvalue weighted by atomic mass is 32.1. The van der Waals surface area contributed by atoms with Crippen molar-refractivity contribution in [2.75, 3.05) is 5.32 Å². The van der Waals surface area contributed by atoms with E-state index < -0.39 is 5.97 Å². The summed E-state index contributed by atoms with van der Waals surface area (Å²) in [6.07, 6.45) is 5.66. The average Bonchev–Trinajstić information content (AvgIpc) is 2.86. The molecule has 1 amide bonds. The van der Waals surface area contributed by atoms with Crippen LogP contribution in [-0.4, -0.2) is 22.0 Å². The molecule has 0 radical (unpaired) electrons. The molecular formula is C13H10N2O3S. The van der Waals surface area contributed by atoms with Crippen molar-refractivity contribution >= 4 is 35.0 Å². The minimum Gasteiger partial charge on any atom is -0.478 e. The van der Waals surface area contributed by atoms with E-state index in [2.05, 4.69) is 10.3 Å². The zero-order valence-corrected chi connectivity index (χ0v) is 10.6. The molecule has 0 bridgehead atoms. The molecule has 2 heterocycles. The van der Waals surface area contributed by atoms with Crippen LogP contribution in [0.2, 0.25) is 0 Å². The highest BCUT2D eigenvalue weighted by Gasteiger charge is 2.08. The van der Waals surface area contributed by atoms with E-state index in [-0.39, 0.29) is 5.91 Å². The molecular weight excluding hydrogens is 264 g/mol. The van der Waals surface area contributed by atoms with Crippen molar-refractivity contribution in [3.05, 3.63) is 52.5 Å². The largest absolute Gasteiger partial charge is 0.478 e. The van der Waals surface area contributed by atoms with E-state index in [1.54, 1.807) is 36.0 Å². The molecule has 0 aliphatic carbocycles. The first-order chi connectivity index (χ1) is 9.15. The summed E-state index contributed by atoms with van der Waals surface area (Å²) in [5, 5.41) is 12.9. The number of carbonyl (C=O) groups is 2. The Morgan fingerprint density at radius 3 is 2.95 bits per heavy atom. The van der Waals surface area contributed by atoms with Crippen LogP contribution in [0, 0.1) is 0 Å². The second-order valence-corrected chi connectivity index (χ2v) is 4.55. The summed E-state index contributed by atoms with van der Waals surface area (Å²) in [4.78, 5) is 26.9. The first-order valence-corrected chi connectivity index (χ1v) is 6.24. The Morgan fingerprint density at radius 1 is 1.42 bits per heavy atom. The quantitative estimate of drug-likeness (QED) is 0.839. The summed E-state index contributed by atoms with van der Waals surface area (Å²) in [7, 11) is 0. The predicted octanol–water partition coefficient (Wildman–Crippen LogP) is 2.49. The number of anilines is 1. The van der Waals surface area contributed by atoms with Gasteiger partial charge in [-0.25, -0.2) is 4.79 Å². The van der Waals surface area contributed by atoms with Crippen molar-refractivity contribution < 1.29 is 14.7 Å². The Hall–Kier alpha value is -2.47. The lowest BCUT2D eigenvalue weighted by molar-refractivity contribution is -0.131. The van der Waals surface area contributed by atoms with Crippen LogP contribution >= 0.6 is 11.3 Å². The van der Waals surface area contributed by atoms with E-state index in [4.69, 9.17) is 5.11 Å². The number of aromatic nitrogens is 1. The second kappa shape index (κ2) is 5.92. The second-order valence-electron chi connectivity index (χ2n) is 3.61. The smallest absolute Gasteiger partial charge is 0.328 e. The summed E-state index contributed by atoms with van der Waals surface area (Å²) < 4.78 is 0. The third-order valence-electron chi connectivity index (χ3n) is 2.19. The fraction of sp³-hybridized carbons (Fsp3) is 0. The van der Waals surface area contributed by atoms with Crippen molar-refractivity contribution in [2.45, 2.75) is 0 Å². The van der Waals surface area contributed by atoms with Crippen molar-refractivity contribution in [3.63, 3.8) is 0 Å². The fourth-order valence-electron chi connectivity index (χ4n) is 1.35. The van der Waals surface area contributed by atoms with Crippen molar-refractivity contribution in [3.8, 4) is 0 Å². The number of pyridine rings is 1. The summed E-state index contributed by atoms with van der Waals surface area (Å²) in [6.45, 7) is 0. The van der Waals surface area contributed by atoms with Gasteiger partial charge in [0.1, 0.15) is 0 Å². The van der Waals surface area contributed by atoms with Gasteiger partial charge in [-0.1, -0.05) is 0 Å². The highest BCUT2D eigenvalue weighted by Crippen LogP contribution is 2.17. The van der Waals surface area contributed by atoms with Crippen molar-refractivity contribution in [2.24, 2.45) is 0 Å². The number of hydrogen-bond acceptors (Lipinski definition) is 4. The number of nitrogens with zero attached hydrogens (tertiary/aromatic N) is 1. The Balaban J connectivity index is 2.06. The van der Waals surface area contributed by atoms with Gasteiger partial charge in [-0.05, 0) is 24.3 Å². The Kier molecular flexibility index (Phi) is 4.04. The molecule has 0 saturated heterocycles. The monoisotopic (exact) mass is 274 g/mol. The lowest BCUT2D eigenvalue weighted by atomic mass is 10.2. The van der Waals surface area contributed by atoms with Crippen LogP contribution in [0.4, 0.5) is 5.69 Å². The first kappa shape index (κ1) is 13.0. The normalized spacial score (nSPS) is 10.5. The van der Waals surface area contributed by atoms with Crippen LogP contribution in [0.1, 0.15) is 15.2 Å². The lowest BCUT2D eigenvalue weighted by Crippen LogP contribution is -2.10. The molecule has 0 saturated carbocycles. The Morgan fingerprint density at radius 2 is 2.26 bits per heavy atom. The van der Waals surface area contributed by atoms with Gasteiger partial charge >= 0.3 is 5.97 Å². The summed E-state index contributed by atoms with van der Waals surface area (Å²) >= 11 is 1.30. The van der Waals surface area contributed by atoms with Crippen LogP contribution < -0.4 is 5.32 Å². The number of amides is 1. The highest BCUT2D eigenvalue weighted by molar-refractivity contribution is 7.11. The average molecular weight is 274 g/mol. The molecule has 0 aromatic carbocycles. The van der Waals surface area contributed by atoms with Crippen LogP contribution in [0.15, 0.2) is 42.0 Å². The van der Waals surface area contributed by atoms with Gasteiger partial charge in [-0.15, -0.1) is 11.3 Å². The summed E-state index contributed by atoms with van der Waals surface area (Å²) in [5.41, 5.74) is 1.10. The molecule has 0 atom stereocenters. The molecule has 0 fully saturated rings. The first-order valence-electron chi connectivity index (χ1n) is 5.36. The van der Waals surface area contributed by atoms with Gasteiger partial charge < -0.3 is 10.4 Å². The standard InChI is InChI=1S/C13H10N2O3S/c16-12(17)4-3-11-6-9(8-19-11)13(18)15-10-2-1-5-14-7-10/h1-8H,(H,15,18)(H,16,17). The topological polar surface area (TPSA) is 79.3 Å². The third-order valence-corrected chi connectivity index (χ3v) is 3.09. The molecule has 2 rings (SSSR count). The SMILES string of the molecule is O=C(O)C=Cc1cc(C(=O)Nc2cccnc2)cs1. The van der Waals surface area contributed by atoms with E-state index in [1.165, 1.54) is 17.4 Å². The van der Waals surface area contributed by atoms with Gasteiger partial charge in [-0.2, -0.15) is 0 Å². The molecule has 0 unspecified atom stereocenters. The fourth-order valence-corrected chi connectivity index (χ4v) is 2.13. The van der Waals surface area contributed by atoms with E-state index in [1.807, 2.05) is 0 Å². The van der Waals surface area contributed by atoms with Gasteiger partial charge in [0.15, 0.2) is 0 Å². The maximum absolute atomic E-state index is 11.9. The molecule has 96 valence electrons. The minimum atomic E-state index is -1.02. The minimum absolute atomic E-state index is 0.251. The zero-order chi connectivity index (χ0) is 13.7. The Labute approximate surface area is 113 Å². The van der Waals surface area contributed by atoms with E-state index >= 15 is 0 Å². The summed E-state index contributed by atoms with van der Waals surface area (Å²) in [6, 6.07) is 5.10. The molecule has 0 spiro atoms. The van der Waals surface area contributed by atoms with Crippen LogP contribution in [0.5, 0.6) is 0 Å².